The molecule has 0 amide bonds. The van der Waals surface area contributed by atoms with Crippen LogP contribution in [0.3, 0.4) is 0 Å². The number of halogens is 2. The van der Waals surface area contributed by atoms with Gasteiger partial charge in [0.1, 0.15) is 23.5 Å². The maximum absolute atomic E-state index is 13.0. The highest BCUT2D eigenvalue weighted by atomic mass is 19.1. The van der Waals surface area contributed by atoms with E-state index in [0.717, 1.165) is 37.5 Å². The lowest BCUT2D eigenvalue weighted by Gasteiger charge is -2.36. The van der Waals surface area contributed by atoms with Crippen LogP contribution in [0.1, 0.15) is 25.7 Å². The first-order valence-corrected chi connectivity index (χ1v) is 6.03. The second-order valence-electron chi connectivity index (χ2n) is 4.96. The summed E-state index contributed by atoms with van der Waals surface area (Å²) in [5, 5.41) is 9.22. The fraction of sp³-hybridized carbons (Fsp3) is 0.538. The van der Waals surface area contributed by atoms with Gasteiger partial charge in [0.25, 0.3) is 0 Å². The molecular formula is C13H17F2NO2. The Morgan fingerprint density at radius 1 is 1.33 bits per heavy atom. The third-order valence-electron chi connectivity index (χ3n) is 3.29. The van der Waals surface area contributed by atoms with Crippen LogP contribution in [0.4, 0.5) is 8.78 Å². The molecule has 2 atom stereocenters. The minimum atomic E-state index is -0.665. The van der Waals surface area contributed by atoms with E-state index in [2.05, 4.69) is 0 Å². The average Bonchev–Trinajstić information content (AvgIpc) is 2.27. The molecule has 0 spiro atoms. The number of benzene rings is 1. The van der Waals surface area contributed by atoms with Crippen LogP contribution >= 0.6 is 0 Å². The van der Waals surface area contributed by atoms with E-state index in [1.54, 1.807) is 0 Å². The van der Waals surface area contributed by atoms with Crippen LogP contribution in [0.25, 0.3) is 0 Å². The third kappa shape index (κ3) is 3.17. The molecule has 0 bridgehead atoms. The third-order valence-corrected chi connectivity index (χ3v) is 3.29. The quantitative estimate of drug-likeness (QED) is 0.870. The van der Waals surface area contributed by atoms with E-state index in [4.69, 9.17) is 10.5 Å². The van der Waals surface area contributed by atoms with Gasteiger partial charge >= 0.3 is 0 Å². The molecule has 1 aromatic rings. The topological polar surface area (TPSA) is 55.5 Å². The number of hydrogen-bond donors (Lipinski definition) is 2. The van der Waals surface area contributed by atoms with Gasteiger partial charge in [0.2, 0.25) is 0 Å². The molecule has 0 radical (unpaired) electrons. The molecular weight excluding hydrogens is 240 g/mol. The number of rotatable bonds is 3. The van der Waals surface area contributed by atoms with Crippen LogP contribution < -0.4 is 10.5 Å². The summed E-state index contributed by atoms with van der Waals surface area (Å²) < 4.78 is 31.6. The first kappa shape index (κ1) is 13.2. The molecule has 0 aromatic heterocycles. The molecule has 5 heteroatoms. The van der Waals surface area contributed by atoms with Crippen molar-refractivity contribution in [2.24, 2.45) is 5.73 Å². The Morgan fingerprint density at radius 3 is 2.61 bits per heavy atom. The van der Waals surface area contributed by atoms with Gasteiger partial charge in [0.15, 0.2) is 0 Å². The van der Waals surface area contributed by atoms with Gasteiger partial charge in [-0.3, -0.25) is 0 Å². The maximum Gasteiger partial charge on any atom is 0.129 e. The Bertz CT molecular complexity index is 407. The van der Waals surface area contributed by atoms with Crippen LogP contribution in [0.2, 0.25) is 0 Å². The summed E-state index contributed by atoms with van der Waals surface area (Å²) in [6.07, 6.45) is 2.62. The fourth-order valence-electron chi connectivity index (χ4n) is 2.37. The molecule has 3 nitrogen and oxygen atoms in total. The standard InChI is InChI=1S/C13H17F2NO2/c14-9-4-10(15)6-12(5-9)18-11-2-1-3-13(16,7-11)8-17/h4-6,11,17H,1-3,7-8,16H2. The monoisotopic (exact) mass is 257 g/mol. The maximum atomic E-state index is 13.0. The molecule has 18 heavy (non-hydrogen) atoms. The van der Waals surface area contributed by atoms with Crippen LogP contribution in [0, 0.1) is 11.6 Å². The van der Waals surface area contributed by atoms with Gasteiger partial charge in [-0.1, -0.05) is 0 Å². The number of hydrogen-bond acceptors (Lipinski definition) is 3. The summed E-state index contributed by atoms with van der Waals surface area (Å²) in [4.78, 5) is 0. The average molecular weight is 257 g/mol. The van der Waals surface area contributed by atoms with E-state index in [1.807, 2.05) is 0 Å². The molecule has 2 rings (SSSR count). The van der Waals surface area contributed by atoms with Crippen molar-refractivity contribution in [3.05, 3.63) is 29.8 Å². The predicted molar refractivity (Wildman–Crippen MR) is 63.2 cm³/mol. The van der Waals surface area contributed by atoms with Gasteiger partial charge < -0.3 is 15.6 Å². The zero-order chi connectivity index (χ0) is 13.2. The predicted octanol–water partition coefficient (Wildman–Crippen LogP) is 1.98. The Hall–Kier alpha value is -1.20. The summed E-state index contributed by atoms with van der Waals surface area (Å²) in [6, 6.07) is 3.10. The Labute approximate surface area is 105 Å². The summed E-state index contributed by atoms with van der Waals surface area (Å²) in [7, 11) is 0. The highest BCUT2D eigenvalue weighted by Gasteiger charge is 2.33. The normalized spacial score (nSPS) is 28.1. The van der Waals surface area contributed by atoms with Crippen molar-refractivity contribution < 1.29 is 18.6 Å². The first-order valence-electron chi connectivity index (χ1n) is 6.03. The molecule has 100 valence electrons. The number of aliphatic hydroxyl groups excluding tert-OH is 1. The lowest BCUT2D eigenvalue weighted by Crippen LogP contribution is -2.50. The lowest BCUT2D eigenvalue weighted by atomic mass is 9.81. The first-order chi connectivity index (χ1) is 8.50. The van der Waals surface area contributed by atoms with Gasteiger partial charge in [-0.05, 0) is 19.3 Å². The number of nitrogens with two attached hydrogens (primary N) is 1. The SMILES string of the molecule is NC1(CO)CCCC(Oc2cc(F)cc(F)c2)C1. The van der Waals surface area contributed by atoms with Crippen LogP contribution in [0.5, 0.6) is 5.75 Å². The van der Waals surface area contributed by atoms with Crippen molar-refractivity contribution in [2.45, 2.75) is 37.3 Å². The molecule has 1 fully saturated rings. The van der Waals surface area contributed by atoms with Gasteiger partial charge in [-0.2, -0.15) is 0 Å². The van der Waals surface area contributed by atoms with Crippen molar-refractivity contribution in [2.75, 3.05) is 6.61 Å². The summed E-state index contributed by atoms with van der Waals surface area (Å²) in [5.74, 6) is -1.16. The van der Waals surface area contributed by atoms with E-state index < -0.39 is 17.2 Å². The Kier molecular flexibility index (Phi) is 3.82. The second-order valence-corrected chi connectivity index (χ2v) is 4.96. The van der Waals surface area contributed by atoms with Gasteiger partial charge in [-0.15, -0.1) is 0 Å². The zero-order valence-electron chi connectivity index (χ0n) is 10.0. The molecule has 1 aliphatic rings. The van der Waals surface area contributed by atoms with Crippen molar-refractivity contribution in [3.8, 4) is 5.75 Å². The van der Waals surface area contributed by atoms with E-state index in [-0.39, 0.29) is 18.5 Å². The Balaban J connectivity index is 2.04. The van der Waals surface area contributed by atoms with Gasteiger partial charge in [0.05, 0.1) is 6.61 Å². The van der Waals surface area contributed by atoms with Crippen molar-refractivity contribution in [3.63, 3.8) is 0 Å². The molecule has 2 unspecified atom stereocenters. The van der Waals surface area contributed by atoms with Crippen LogP contribution in [0.15, 0.2) is 18.2 Å². The summed E-state index contributed by atoms with van der Waals surface area (Å²) in [6.45, 7) is -0.107. The largest absolute Gasteiger partial charge is 0.490 e. The molecule has 0 saturated heterocycles. The van der Waals surface area contributed by atoms with Crippen molar-refractivity contribution in [1.82, 2.24) is 0 Å². The fourth-order valence-corrected chi connectivity index (χ4v) is 2.37. The van der Waals surface area contributed by atoms with Crippen LogP contribution in [-0.4, -0.2) is 23.4 Å². The minimum absolute atomic E-state index is 0.107. The highest BCUT2D eigenvalue weighted by Crippen LogP contribution is 2.29. The number of aliphatic hydroxyl groups is 1. The highest BCUT2D eigenvalue weighted by molar-refractivity contribution is 5.24. The molecule has 0 aliphatic heterocycles. The summed E-state index contributed by atoms with van der Waals surface area (Å²) in [5.41, 5.74) is 5.34. The molecule has 1 saturated carbocycles. The second kappa shape index (κ2) is 5.20. The molecule has 0 heterocycles. The smallest absolute Gasteiger partial charge is 0.129 e. The molecule has 1 aliphatic carbocycles. The molecule has 1 aromatic carbocycles. The van der Waals surface area contributed by atoms with E-state index in [1.165, 1.54) is 0 Å². The minimum Gasteiger partial charge on any atom is -0.490 e. The lowest BCUT2D eigenvalue weighted by molar-refractivity contribution is 0.0725. The summed E-state index contributed by atoms with van der Waals surface area (Å²) >= 11 is 0. The van der Waals surface area contributed by atoms with E-state index >= 15 is 0 Å². The van der Waals surface area contributed by atoms with E-state index in [0.29, 0.717) is 6.42 Å². The Morgan fingerprint density at radius 2 is 2.00 bits per heavy atom. The van der Waals surface area contributed by atoms with E-state index in [9.17, 15) is 13.9 Å². The van der Waals surface area contributed by atoms with Gasteiger partial charge in [0, 0.05) is 30.2 Å². The molecule has 3 N–H and O–H groups in total. The van der Waals surface area contributed by atoms with Crippen molar-refractivity contribution >= 4 is 0 Å². The number of ether oxygens (including phenoxy) is 1. The van der Waals surface area contributed by atoms with Crippen LogP contribution in [-0.2, 0) is 0 Å². The van der Waals surface area contributed by atoms with Crippen molar-refractivity contribution in [1.29, 1.82) is 0 Å². The van der Waals surface area contributed by atoms with Gasteiger partial charge in [-0.25, -0.2) is 8.78 Å². The zero-order valence-corrected chi connectivity index (χ0v) is 10.0.